The maximum absolute atomic E-state index is 11.7. The number of azo groups is 1. The second-order valence-corrected chi connectivity index (χ2v) is 4.58. The molecule has 23 heavy (non-hydrogen) atoms. The number of benzene rings is 1. The van der Waals surface area contributed by atoms with Gasteiger partial charge in [0.05, 0.1) is 43.5 Å². The van der Waals surface area contributed by atoms with E-state index in [1.54, 1.807) is 31.2 Å². The third kappa shape index (κ3) is 6.26. The highest BCUT2D eigenvalue weighted by molar-refractivity contribution is 5.94. The molecule has 1 atom stereocenters. The molecule has 0 heterocycles. The molecule has 1 rings (SSSR count). The van der Waals surface area contributed by atoms with Crippen LogP contribution in [0.25, 0.3) is 0 Å². The second kappa shape index (κ2) is 10.1. The van der Waals surface area contributed by atoms with Gasteiger partial charge in [-0.05, 0) is 25.5 Å². The summed E-state index contributed by atoms with van der Waals surface area (Å²) in [7, 11) is 1.29. The first-order valence-corrected chi connectivity index (χ1v) is 7.23. The number of nitrogens with zero attached hydrogens (tertiary/aromatic N) is 3. The van der Waals surface area contributed by atoms with E-state index in [1.165, 1.54) is 7.11 Å². The van der Waals surface area contributed by atoms with E-state index in [0.717, 1.165) is 0 Å². The van der Waals surface area contributed by atoms with Crippen LogP contribution >= 0.6 is 0 Å². The zero-order valence-electron chi connectivity index (χ0n) is 13.2. The Kier molecular flexibility index (Phi) is 8.00. The van der Waals surface area contributed by atoms with E-state index in [1.807, 2.05) is 6.07 Å². The average molecular weight is 317 g/mol. The van der Waals surface area contributed by atoms with E-state index in [0.29, 0.717) is 24.3 Å². The van der Waals surface area contributed by atoms with Crippen molar-refractivity contribution < 1.29 is 19.1 Å². The van der Waals surface area contributed by atoms with Gasteiger partial charge in [-0.1, -0.05) is 12.1 Å². The van der Waals surface area contributed by atoms with Gasteiger partial charge in [0.2, 0.25) is 0 Å². The quantitative estimate of drug-likeness (QED) is 0.541. The highest BCUT2D eigenvalue weighted by Crippen LogP contribution is 2.21. The third-order valence-corrected chi connectivity index (χ3v) is 2.95. The number of esters is 2. The molecule has 0 aromatic heterocycles. The first kappa shape index (κ1) is 18.3. The second-order valence-electron chi connectivity index (χ2n) is 4.58. The van der Waals surface area contributed by atoms with Gasteiger partial charge in [0, 0.05) is 6.42 Å². The van der Waals surface area contributed by atoms with Crippen LogP contribution in [0.1, 0.15) is 36.5 Å². The maximum Gasteiger partial charge on any atom is 0.340 e. The topological polar surface area (TPSA) is 101 Å². The van der Waals surface area contributed by atoms with Crippen molar-refractivity contribution in [1.29, 1.82) is 5.26 Å². The molecule has 0 aliphatic rings. The van der Waals surface area contributed by atoms with Gasteiger partial charge in [0.1, 0.15) is 0 Å². The molecular weight excluding hydrogens is 298 g/mol. The lowest BCUT2D eigenvalue weighted by atomic mass is 10.1. The molecule has 122 valence electrons. The van der Waals surface area contributed by atoms with Crippen LogP contribution in [0.5, 0.6) is 0 Å². The van der Waals surface area contributed by atoms with Gasteiger partial charge in [-0.25, -0.2) is 4.79 Å². The minimum Gasteiger partial charge on any atom is -0.466 e. The molecule has 0 amide bonds. The molecule has 0 aliphatic carbocycles. The molecule has 1 aromatic carbocycles. The van der Waals surface area contributed by atoms with Crippen LogP contribution in [0, 0.1) is 11.3 Å². The van der Waals surface area contributed by atoms with Crippen LogP contribution in [0.4, 0.5) is 5.69 Å². The maximum atomic E-state index is 11.7. The van der Waals surface area contributed by atoms with Gasteiger partial charge < -0.3 is 9.47 Å². The minimum atomic E-state index is -0.511. The Labute approximate surface area is 134 Å². The first-order valence-electron chi connectivity index (χ1n) is 7.23. The lowest BCUT2D eigenvalue weighted by molar-refractivity contribution is -0.143. The summed E-state index contributed by atoms with van der Waals surface area (Å²) in [5, 5.41) is 17.0. The van der Waals surface area contributed by atoms with Gasteiger partial charge in [0.15, 0.2) is 0 Å². The predicted molar refractivity (Wildman–Crippen MR) is 82.2 cm³/mol. The molecule has 0 saturated carbocycles. The number of nitriles is 1. The van der Waals surface area contributed by atoms with Gasteiger partial charge in [-0.15, -0.1) is 0 Å². The summed E-state index contributed by atoms with van der Waals surface area (Å²) < 4.78 is 9.53. The minimum absolute atomic E-state index is 0.128. The van der Waals surface area contributed by atoms with Gasteiger partial charge in [-0.3, -0.25) is 4.79 Å². The normalized spacial score (nSPS) is 11.7. The number of rotatable bonds is 8. The van der Waals surface area contributed by atoms with E-state index in [-0.39, 0.29) is 18.8 Å². The number of hydrogen-bond donors (Lipinski definition) is 0. The molecule has 0 N–H and O–H groups in total. The molecule has 0 bridgehead atoms. The van der Waals surface area contributed by atoms with Crippen molar-refractivity contribution in [1.82, 2.24) is 0 Å². The monoisotopic (exact) mass is 317 g/mol. The molecule has 1 unspecified atom stereocenters. The molecule has 1 aromatic rings. The van der Waals surface area contributed by atoms with Crippen molar-refractivity contribution in [2.24, 2.45) is 10.2 Å². The zero-order chi connectivity index (χ0) is 17.1. The molecule has 0 saturated heterocycles. The van der Waals surface area contributed by atoms with Gasteiger partial charge in [-0.2, -0.15) is 15.5 Å². The summed E-state index contributed by atoms with van der Waals surface area (Å²) in [5.41, 5.74) is 0.651. The fraction of sp³-hybridized carbons (Fsp3) is 0.438. The van der Waals surface area contributed by atoms with Crippen molar-refractivity contribution in [3.05, 3.63) is 29.8 Å². The Morgan fingerprint density at radius 3 is 2.74 bits per heavy atom. The molecule has 0 radical (unpaired) electrons. The van der Waals surface area contributed by atoms with Crippen molar-refractivity contribution in [2.45, 2.75) is 32.2 Å². The summed E-state index contributed by atoms with van der Waals surface area (Å²) in [4.78, 5) is 23.0. The number of ether oxygens (including phenoxy) is 2. The molecule has 7 nitrogen and oxygen atoms in total. The van der Waals surface area contributed by atoms with E-state index in [2.05, 4.69) is 15.0 Å². The first-order chi connectivity index (χ1) is 11.1. The molecule has 0 aliphatic heterocycles. The zero-order valence-corrected chi connectivity index (χ0v) is 13.2. The third-order valence-electron chi connectivity index (χ3n) is 2.95. The number of carbonyl (C=O) groups is 2. The highest BCUT2D eigenvalue weighted by Gasteiger charge is 2.13. The number of methoxy groups -OCH3 is 1. The predicted octanol–water partition coefficient (Wildman–Crippen LogP) is 3.18. The molecule has 7 heteroatoms. The van der Waals surface area contributed by atoms with Crippen LogP contribution in [-0.4, -0.2) is 31.7 Å². The summed E-state index contributed by atoms with van der Waals surface area (Å²) >= 11 is 0. The van der Waals surface area contributed by atoms with Crippen LogP contribution in [0.15, 0.2) is 34.5 Å². The molecular formula is C16H19N3O4. The van der Waals surface area contributed by atoms with E-state index in [9.17, 15) is 9.59 Å². The summed E-state index contributed by atoms with van der Waals surface area (Å²) in [5.74, 6) is -0.844. The molecule has 0 fully saturated rings. The highest BCUT2D eigenvalue weighted by atomic mass is 16.5. The Morgan fingerprint density at radius 2 is 2.09 bits per heavy atom. The number of carbonyl (C=O) groups excluding carboxylic acids is 2. The smallest absolute Gasteiger partial charge is 0.340 e. The fourth-order valence-electron chi connectivity index (χ4n) is 1.81. The van der Waals surface area contributed by atoms with Crippen molar-refractivity contribution in [3.8, 4) is 6.07 Å². The summed E-state index contributed by atoms with van der Waals surface area (Å²) in [6.45, 7) is 2.05. The lowest BCUT2D eigenvalue weighted by Crippen LogP contribution is -2.10. The van der Waals surface area contributed by atoms with Gasteiger partial charge in [0.25, 0.3) is 0 Å². The van der Waals surface area contributed by atoms with E-state index in [4.69, 9.17) is 10.00 Å². The van der Waals surface area contributed by atoms with Gasteiger partial charge >= 0.3 is 11.9 Å². The Morgan fingerprint density at radius 1 is 1.35 bits per heavy atom. The van der Waals surface area contributed by atoms with Crippen molar-refractivity contribution in [2.75, 3.05) is 13.7 Å². The largest absolute Gasteiger partial charge is 0.466 e. The lowest BCUT2D eigenvalue weighted by Gasteiger charge is -2.07. The van der Waals surface area contributed by atoms with E-state index < -0.39 is 12.0 Å². The molecule has 0 spiro atoms. The van der Waals surface area contributed by atoms with Crippen LogP contribution in [-0.2, 0) is 14.3 Å². The van der Waals surface area contributed by atoms with Crippen LogP contribution in [0.2, 0.25) is 0 Å². The standard InChI is InChI=1S/C16H19N3O4/c1-3-23-15(20)9-8-12(10-11-17)18-19-14-7-5-4-6-13(14)16(21)22-2/h4-7,12H,3,8-10H2,1-2H3. The van der Waals surface area contributed by atoms with Crippen LogP contribution < -0.4 is 0 Å². The SMILES string of the molecule is CCOC(=O)CCC(CC#N)N=Nc1ccccc1C(=O)OC. The van der Waals surface area contributed by atoms with Crippen molar-refractivity contribution in [3.63, 3.8) is 0 Å². The number of hydrogen-bond acceptors (Lipinski definition) is 7. The van der Waals surface area contributed by atoms with Crippen LogP contribution in [0.3, 0.4) is 0 Å². The Balaban J connectivity index is 2.80. The van der Waals surface area contributed by atoms with Crippen molar-refractivity contribution >= 4 is 17.6 Å². The fourth-order valence-corrected chi connectivity index (χ4v) is 1.81. The summed E-state index contributed by atoms with van der Waals surface area (Å²) in [6.07, 6.45) is 0.650. The van der Waals surface area contributed by atoms with E-state index >= 15 is 0 Å². The summed E-state index contributed by atoms with van der Waals surface area (Å²) in [6, 6.07) is 8.20. The Bertz CT molecular complexity index is 608. The Hall–Kier alpha value is -2.75. The average Bonchev–Trinajstić information content (AvgIpc) is 2.57.